The van der Waals surface area contributed by atoms with E-state index in [9.17, 15) is 0 Å². The minimum Gasteiger partial charge on any atom is -0.356 e. The summed E-state index contributed by atoms with van der Waals surface area (Å²) in [6.45, 7) is 0. The molecule has 0 radical (unpaired) electrons. The molecule has 0 aliphatic carbocycles. The Bertz CT molecular complexity index is 2190. The highest BCUT2D eigenvalue weighted by atomic mass is 15.0. The molecule has 0 saturated heterocycles. The molecule has 8 rings (SSSR count). The molecule has 198 valence electrons. The predicted molar refractivity (Wildman–Crippen MR) is 179 cm³/mol. The van der Waals surface area contributed by atoms with E-state index >= 15 is 0 Å². The standard InChI is InChI=1S/C40H28N2/c1-2-8-28(9-3-1)30-14-20-34(21-15-30)41-35-22-16-31(17-23-35)33-19-25-40-38(27-33)37-12-6-7-13-39(37)42(40)36-24-18-29-10-4-5-11-32(29)26-36/h1-27,41H. The second-order valence-electron chi connectivity index (χ2n) is 10.8. The number of para-hydroxylation sites is 1. The van der Waals surface area contributed by atoms with Gasteiger partial charge in [0.2, 0.25) is 0 Å². The van der Waals surface area contributed by atoms with E-state index < -0.39 is 0 Å². The molecule has 8 aromatic rings. The highest BCUT2D eigenvalue weighted by Gasteiger charge is 2.13. The molecule has 1 heterocycles. The second-order valence-corrected chi connectivity index (χ2v) is 10.8. The first-order chi connectivity index (χ1) is 20.8. The molecular formula is C40H28N2. The molecule has 1 aromatic heterocycles. The van der Waals surface area contributed by atoms with Crippen LogP contribution in [0.3, 0.4) is 0 Å². The molecule has 2 nitrogen and oxygen atoms in total. The van der Waals surface area contributed by atoms with Crippen molar-refractivity contribution < 1.29 is 0 Å². The van der Waals surface area contributed by atoms with Crippen LogP contribution in [-0.4, -0.2) is 4.57 Å². The summed E-state index contributed by atoms with van der Waals surface area (Å²) in [5.41, 5.74) is 10.6. The molecule has 7 aromatic carbocycles. The van der Waals surface area contributed by atoms with Crippen LogP contribution in [0.4, 0.5) is 11.4 Å². The summed E-state index contributed by atoms with van der Waals surface area (Å²) in [6, 6.07) is 58.6. The molecule has 0 aliphatic rings. The van der Waals surface area contributed by atoms with Gasteiger partial charge in [0.1, 0.15) is 0 Å². The van der Waals surface area contributed by atoms with E-state index in [0.29, 0.717) is 0 Å². The van der Waals surface area contributed by atoms with Crippen molar-refractivity contribution in [3.63, 3.8) is 0 Å². The van der Waals surface area contributed by atoms with Crippen LogP contribution in [0.2, 0.25) is 0 Å². The maximum absolute atomic E-state index is 3.55. The molecule has 0 spiro atoms. The largest absolute Gasteiger partial charge is 0.356 e. The van der Waals surface area contributed by atoms with Gasteiger partial charge in [0.05, 0.1) is 11.0 Å². The van der Waals surface area contributed by atoms with Gasteiger partial charge in [0.15, 0.2) is 0 Å². The summed E-state index contributed by atoms with van der Waals surface area (Å²) in [5, 5.41) is 8.58. The molecule has 0 unspecified atom stereocenters. The van der Waals surface area contributed by atoms with E-state index in [1.807, 2.05) is 6.07 Å². The van der Waals surface area contributed by atoms with Crippen molar-refractivity contribution in [1.29, 1.82) is 0 Å². The van der Waals surface area contributed by atoms with Crippen LogP contribution in [0.25, 0.3) is 60.5 Å². The average Bonchev–Trinajstić information content (AvgIpc) is 3.39. The van der Waals surface area contributed by atoms with Gasteiger partial charge in [-0.1, -0.05) is 109 Å². The van der Waals surface area contributed by atoms with Gasteiger partial charge in [-0.25, -0.2) is 0 Å². The van der Waals surface area contributed by atoms with Crippen LogP contribution in [0.1, 0.15) is 0 Å². The quantitative estimate of drug-likeness (QED) is 0.231. The van der Waals surface area contributed by atoms with Crippen molar-refractivity contribution in [3.05, 3.63) is 164 Å². The van der Waals surface area contributed by atoms with Crippen molar-refractivity contribution in [3.8, 4) is 27.9 Å². The minimum atomic E-state index is 1.07. The summed E-state index contributed by atoms with van der Waals surface area (Å²) in [7, 11) is 0. The first kappa shape index (κ1) is 24.2. The molecule has 0 bridgehead atoms. The number of rotatable bonds is 5. The predicted octanol–water partition coefficient (Wildman–Crippen LogP) is 11.0. The topological polar surface area (TPSA) is 17.0 Å². The number of anilines is 2. The molecular weight excluding hydrogens is 508 g/mol. The fourth-order valence-electron chi connectivity index (χ4n) is 6.04. The van der Waals surface area contributed by atoms with Gasteiger partial charge in [0, 0.05) is 27.8 Å². The van der Waals surface area contributed by atoms with Crippen molar-refractivity contribution in [2.45, 2.75) is 0 Å². The van der Waals surface area contributed by atoms with Gasteiger partial charge < -0.3 is 9.88 Å². The van der Waals surface area contributed by atoms with Gasteiger partial charge in [-0.05, 0) is 87.6 Å². The zero-order chi connectivity index (χ0) is 27.9. The Balaban J connectivity index is 1.11. The van der Waals surface area contributed by atoms with Gasteiger partial charge in [0.25, 0.3) is 0 Å². The number of fused-ring (bicyclic) bond motifs is 4. The maximum atomic E-state index is 3.55. The lowest BCUT2D eigenvalue weighted by Crippen LogP contribution is -1.93. The summed E-state index contributed by atoms with van der Waals surface area (Å²) < 4.78 is 2.39. The Morgan fingerprint density at radius 3 is 1.69 bits per heavy atom. The number of hydrogen-bond acceptors (Lipinski definition) is 1. The molecule has 2 heteroatoms. The highest BCUT2D eigenvalue weighted by molar-refractivity contribution is 6.10. The lowest BCUT2D eigenvalue weighted by molar-refractivity contribution is 1.19. The second kappa shape index (κ2) is 10.1. The Hall–Kier alpha value is -5.60. The van der Waals surface area contributed by atoms with E-state index in [1.54, 1.807) is 0 Å². The van der Waals surface area contributed by atoms with Crippen LogP contribution in [-0.2, 0) is 0 Å². The van der Waals surface area contributed by atoms with E-state index in [2.05, 4.69) is 168 Å². The fourth-order valence-corrected chi connectivity index (χ4v) is 6.04. The number of nitrogens with zero attached hydrogens (tertiary/aromatic N) is 1. The zero-order valence-electron chi connectivity index (χ0n) is 23.0. The monoisotopic (exact) mass is 536 g/mol. The number of nitrogens with one attached hydrogen (secondary N) is 1. The van der Waals surface area contributed by atoms with E-state index in [4.69, 9.17) is 0 Å². The molecule has 0 amide bonds. The Kier molecular flexibility index (Phi) is 5.82. The van der Waals surface area contributed by atoms with Crippen molar-refractivity contribution >= 4 is 44.0 Å². The smallest absolute Gasteiger partial charge is 0.0541 e. The number of hydrogen-bond donors (Lipinski definition) is 1. The lowest BCUT2D eigenvalue weighted by atomic mass is 10.0. The van der Waals surface area contributed by atoms with Crippen LogP contribution in [0.15, 0.2) is 164 Å². The van der Waals surface area contributed by atoms with E-state index in [-0.39, 0.29) is 0 Å². The van der Waals surface area contributed by atoms with Crippen LogP contribution >= 0.6 is 0 Å². The third kappa shape index (κ3) is 4.31. The molecule has 0 atom stereocenters. The fraction of sp³-hybridized carbons (Fsp3) is 0. The van der Waals surface area contributed by atoms with Crippen LogP contribution < -0.4 is 5.32 Å². The maximum Gasteiger partial charge on any atom is 0.0541 e. The number of aromatic nitrogens is 1. The van der Waals surface area contributed by atoms with E-state index in [0.717, 1.165) is 11.4 Å². The average molecular weight is 537 g/mol. The van der Waals surface area contributed by atoms with Gasteiger partial charge >= 0.3 is 0 Å². The molecule has 42 heavy (non-hydrogen) atoms. The highest BCUT2D eigenvalue weighted by Crippen LogP contribution is 2.36. The third-order valence-electron chi connectivity index (χ3n) is 8.16. The first-order valence-corrected chi connectivity index (χ1v) is 14.4. The zero-order valence-corrected chi connectivity index (χ0v) is 23.0. The van der Waals surface area contributed by atoms with Crippen molar-refractivity contribution in [2.75, 3.05) is 5.32 Å². The lowest BCUT2D eigenvalue weighted by Gasteiger charge is -2.10. The molecule has 0 fully saturated rings. The SMILES string of the molecule is c1ccc(-c2ccc(Nc3ccc(-c4ccc5c(c4)c4ccccc4n5-c4ccc5ccccc5c4)cc3)cc2)cc1. The molecule has 0 aliphatic heterocycles. The van der Waals surface area contributed by atoms with Gasteiger partial charge in [-0.15, -0.1) is 0 Å². The molecule has 0 saturated carbocycles. The summed E-state index contributed by atoms with van der Waals surface area (Å²) in [5.74, 6) is 0. The normalized spacial score (nSPS) is 11.3. The number of benzene rings is 7. The Labute approximate surface area is 245 Å². The Morgan fingerprint density at radius 2 is 0.929 bits per heavy atom. The van der Waals surface area contributed by atoms with Crippen molar-refractivity contribution in [1.82, 2.24) is 4.57 Å². The first-order valence-electron chi connectivity index (χ1n) is 14.4. The summed E-state index contributed by atoms with van der Waals surface area (Å²) in [4.78, 5) is 0. The van der Waals surface area contributed by atoms with Crippen molar-refractivity contribution in [2.24, 2.45) is 0 Å². The van der Waals surface area contributed by atoms with Crippen LogP contribution in [0.5, 0.6) is 0 Å². The summed E-state index contributed by atoms with van der Waals surface area (Å²) >= 11 is 0. The van der Waals surface area contributed by atoms with Gasteiger partial charge in [-0.2, -0.15) is 0 Å². The Morgan fingerprint density at radius 1 is 0.357 bits per heavy atom. The molecule has 1 N–H and O–H groups in total. The summed E-state index contributed by atoms with van der Waals surface area (Å²) in [6.07, 6.45) is 0. The third-order valence-corrected chi connectivity index (χ3v) is 8.16. The van der Waals surface area contributed by atoms with Gasteiger partial charge in [-0.3, -0.25) is 0 Å². The van der Waals surface area contributed by atoms with Crippen LogP contribution in [0, 0.1) is 0 Å². The van der Waals surface area contributed by atoms with E-state index in [1.165, 1.54) is 60.5 Å². The minimum absolute atomic E-state index is 1.07.